The third-order valence-corrected chi connectivity index (χ3v) is 8.01. The highest BCUT2D eigenvalue weighted by atomic mass is 32.1. The zero-order valence-electron chi connectivity index (χ0n) is 24.3. The van der Waals surface area contributed by atoms with Crippen molar-refractivity contribution >= 4 is 35.0 Å². The van der Waals surface area contributed by atoms with Crippen molar-refractivity contribution in [1.29, 1.82) is 0 Å². The number of likely N-dealkylation sites (tertiary alicyclic amines) is 1. The molecule has 1 aromatic heterocycles. The molecule has 1 aliphatic heterocycles. The lowest BCUT2D eigenvalue weighted by molar-refractivity contribution is -0.124. The predicted octanol–water partition coefficient (Wildman–Crippen LogP) is 6.49. The number of anilines is 1. The summed E-state index contributed by atoms with van der Waals surface area (Å²) in [7, 11) is 1.36. The fraction of sp³-hybridized carbons (Fsp3) is 0.700. The molecule has 7 nitrogen and oxygen atoms in total. The number of hydrogen-bond acceptors (Lipinski definition) is 6. The number of nitrogens with zero attached hydrogens (tertiary/aromatic N) is 2. The summed E-state index contributed by atoms with van der Waals surface area (Å²) in [5, 5.41) is 0. The van der Waals surface area contributed by atoms with Crippen LogP contribution in [0.4, 0.5) is 10.5 Å². The minimum atomic E-state index is -0.565. The van der Waals surface area contributed by atoms with Gasteiger partial charge in [-0.2, -0.15) is 0 Å². The molecule has 0 unspecified atom stereocenters. The fourth-order valence-electron chi connectivity index (χ4n) is 4.94. The van der Waals surface area contributed by atoms with Crippen LogP contribution in [0.1, 0.15) is 102 Å². The number of piperidine rings is 1. The summed E-state index contributed by atoms with van der Waals surface area (Å²) in [6.45, 7) is 14.9. The van der Waals surface area contributed by atoms with Crippen molar-refractivity contribution in [3.63, 3.8) is 0 Å². The number of methoxy groups -OCH3 is 1. The van der Waals surface area contributed by atoms with Gasteiger partial charge in [-0.15, -0.1) is 11.3 Å². The zero-order valence-corrected chi connectivity index (χ0v) is 25.1. The van der Waals surface area contributed by atoms with Crippen molar-refractivity contribution in [3.8, 4) is 11.8 Å². The van der Waals surface area contributed by atoms with Crippen molar-refractivity contribution in [2.24, 2.45) is 17.3 Å². The van der Waals surface area contributed by atoms with Gasteiger partial charge < -0.3 is 19.3 Å². The van der Waals surface area contributed by atoms with E-state index in [0.717, 1.165) is 30.6 Å². The third-order valence-electron chi connectivity index (χ3n) is 6.99. The molecule has 0 N–H and O–H groups in total. The summed E-state index contributed by atoms with van der Waals surface area (Å²) in [5.41, 5.74) is -0.178. The Kier molecular flexibility index (Phi) is 9.57. The molecule has 1 aliphatic carbocycles. The first-order chi connectivity index (χ1) is 17.7. The van der Waals surface area contributed by atoms with E-state index in [4.69, 9.17) is 9.47 Å². The standard InChI is InChI=1S/C30H44N2O5S/c1-20-9-11-21(12-10-20)26(33)32(22-14-17-31(18-15-22)28(35)37-30(5,6)7)24-19-23(13-16-29(2,3)4)38-25(24)27(34)36-8/h19-22H,9-12,14-15,17-18H2,1-8H3/t20-,21-. The first-order valence-electron chi connectivity index (χ1n) is 13.7. The van der Waals surface area contributed by atoms with E-state index in [0.29, 0.717) is 42.4 Å². The molecule has 0 radical (unpaired) electrons. The topological polar surface area (TPSA) is 76.2 Å². The van der Waals surface area contributed by atoms with E-state index >= 15 is 0 Å². The van der Waals surface area contributed by atoms with Crippen LogP contribution in [0.5, 0.6) is 0 Å². The van der Waals surface area contributed by atoms with Crippen molar-refractivity contribution in [2.75, 3.05) is 25.1 Å². The molecule has 2 aliphatic rings. The molecular weight excluding hydrogens is 500 g/mol. The minimum Gasteiger partial charge on any atom is -0.465 e. The van der Waals surface area contributed by atoms with E-state index in [9.17, 15) is 14.4 Å². The van der Waals surface area contributed by atoms with E-state index in [2.05, 4.69) is 18.8 Å². The molecular formula is C30H44N2O5S. The second kappa shape index (κ2) is 12.1. The summed E-state index contributed by atoms with van der Waals surface area (Å²) >= 11 is 1.27. The van der Waals surface area contributed by atoms with Crippen LogP contribution in [0.15, 0.2) is 6.07 Å². The van der Waals surface area contributed by atoms with Crippen LogP contribution in [0.3, 0.4) is 0 Å². The molecule has 210 valence electrons. The Morgan fingerprint density at radius 1 is 1.00 bits per heavy atom. The quantitative estimate of drug-likeness (QED) is 0.320. The molecule has 38 heavy (non-hydrogen) atoms. The van der Waals surface area contributed by atoms with Gasteiger partial charge in [0.05, 0.1) is 17.7 Å². The molecule has 1 aromatic rings. The second-order valence-corrected chi connectivity index (χ2v) is 13.7. The smallest absolute Gasteiger partial charge is 0.410 e. The summed E-state index contributed by atoms with van der Waals surface area (Å²) < 4.78 is 10.7. The highest BCUT2D eigenvalue weighted by Gasteiger charge is 2.38. The molecule has 8 heteroatoms. The number of carbonyl (C=O) groups excluding carboxylic acids is 3. The van der Waals surface area contributed by atoms with E-state index in [1.165, 1.54) is 18.4 Å². The Hall–Kier alpha value is -2.53. The van der Waals surface area contributed by atoms with Crippen LogP contribution < -0.4 is 4.90 Å². The van der Waals surface area contributed by atoms with Gasteiger partial charge in [0, 0.05) is 30.5 Å². The molecule has 1 saturated heterocycles. The lowest BCUT2D eigenvalue weighted by atomic mass is 9.82. The Morgan fingerprint density at radius 2 is 1.61 bits per heavy atom. The first-order valence-corrected chi connectivity index (χ1v) is 14.6. The first kappa shape index (κ1) is 30.0. The van der Waals surface area contributed by atoms with Crippen LogP contribution in [-0.4, -0.2) is 54.7 Å². The van der Waals surface area contributed by atoms with Gasteiger partial charge in [0.2, 0.25) is 5.91 Å². The number of thiophene rings is 1. The summed E-state index contributed by atoms with van der Waals surface area (Å²) in [5.74, 6) is 6.58. The molecule has 2 fully saturated rings. The monoisotopic (exact) mass is 544 g/mol. The molecule has 2 amide bonds. The third kappa shape index (κ3) is 7.99. The van der Waals surface area contributed by atoms with E-state index in [-0.39, 0.29) is 29.4 Å². The van der Waals surface area contributed by atoms with Gasteiger partial charge in [-0.05, 0) is 92.1 Å². The van der Waals surface area contributed by atoms with E-state index in [1.807, 2.05) is 52.5 Å². The Balaban J connectivity index is 1.95. The lowest BCUT2D eigenvalue weighted by Crippen LogP contribution is -2.51. The maximum absolute atomic E-state index is 14.1. The van der Waals surface area contributed by atoms with Crippen molar-refractivity contribution < 1.29 is 23.9 Å². The maximum atomic E-state index is 14.1. The normalized spacial score (nSPS) is 20.8. The summed E-state index contributed by atoms with van der Waals surface area (Å²) in [6.07, 6.45) is 4.62. The number of ether oxygens (including phenoxy) is 2. The van der Waals surface area contributed by atoms with Gasteiger partial charge in [0.25, 0.3) is 0 Å². The summed E-state index contributed by atoms with van der Waals surface area (Å²) in [6, 6.07) is 1.74. The Bertz CT molecular complexity index is 1070. The van der Waals surface area contributed by atoms with Crippen molar-refractivity contribution in [2.45, 2.75) is 98.6 Å². The van der Waals surface area contributed by atoms with Gasteiger partial charge in [0.15, 0.2) is 0 Å². The van der Waals surface area contributed by atoms with Crippen LogP contribution in [0.2, 0.25) is 0 Å². The van der Waals surface area contributed by atoms with E-state index < -0.39 is 11.6 Å². The van der Waals surface area contributed by atoms with Crippen molar-refractivity contribution in [1.82, 2.24) is 4.90 Å². The van der Waals surface area contributed by atoms with Crippen LogP contribution in [0.25, 0.3) is 0 Å². The number of hydrogen-bond donors (Lipinski definition) is 0. The van der Waals surface area contributed by atoms with Crippen LogP contribution >= 0.6 is 11.3 Å². The number of rotatable bonds is 4. The largest absolute Gasteiger partial charge is 0.465 e. The predicted molar refractivity (Wildman–Crippen MR) is 151 cm³/mol. The highest BCUT2D eigenvalue weighted by Crippen LogP contribution is 2.38. The molecule has 0 spiro atoms. The average Bonchev–Trinajstić information content (AvgIpc) is 3.25. The van der Waals surface area contributed by atoms with Gasteiger partial charge in [-0.3, -0.25) is 4.79 Å². The lowest BCUT2D eigenvalue weighted by Gasteiger charge is -2.40. The van der Waals surface area contributed by atoms with Crippen molar-refractivity contribution in [3.05, 3.63) is 15.8 Å². The molecule has 0 atom stereocenters. The summed E-state index contributed by atoms with van der Waals surface area (Å²) in [4.78, 5) is 44.4. The minimum absolute atomic E-state index is 0.0610. The second-order valence-electron chi connectivity index (χ2n) is 12.7. The molecule has 1 saturated carbocycles. The van der Waals surface area contributed by atoms with Gasteiger partial charge in [-0.1, -0.05) is 18.8 Å². The van der Waals surface area contributed by atoms with Gasteiger partial charge in [0.1, 0.15) is 10.5 Å². The molecule has 0 bridgehead atoms. The average molecular weight is 545 g/mol. The van der Waals surface area contributed by atoms with Crippen LogP contribution in [-0.2, 0) is 14.3 Å². The number of esters is 1. The SMILES string of the molecule is COC(=O)c1sc(C#CC(C)(C)C)cc1N(C(=O)[C@H]1CC[C@H](C)CC1)C1CCN(C(=O)OC(C)(C)C)CC1. The molecule has 2 heterocycles. The van der Waals surface area contributed by atoms with Crippen LogP contribution in [0, 0.1) is 29.1 Å². The van der Waals surface area contributed by atoms with Gasteiger partial charge >= 0.3 is 12.1 Å². The fourth-order valence-corrected chi connectivity index (χ4v) is 5.86. The molecule has 0 aromatic carbocycles. The zero-order chi connectivity index (χ0) is 28.3. The number of amides is 2. The molecule has 3 rings (SSSR count). The Labute approximate surface area is 232 Å². The Morgan fingerprint density at radius 3 is 2.13 bits per heavy atom. The maximum Gasteiger partial charge on any atom is 0.410 e. The van der Waals surface area contributed by atoms with Gasteiger partial charge in [-0.25, -0.2) is 9.59 Å². The number of carbonyl (C=O) groups is 3. The highest BCUT2D eigenvalue weighted by molar-refractivity contribution is 7.15. The van der Waals surface area contributed by atoms with E-state index in [1.54, 1.807) is 4.90 Å².